The molecule has 1 fully saturated rings. The van der Waals surface area contributed by atoms with Crippen LogP contribution in [0, 0.1) is 0 Å². The molecule has 0 saturated heterocycles. The molecular formula is C11H14N4. The van der Waals surface area contributed by atoms with Crippen molar-refractivity contribution in [2.75, 3.05) is 5.32 Å². The first-order chi connectivity index (χ1) is 7.34. The number of nitrogens with zero attached hydrogens (tertiary/aromatic N) is 3. The van der Waals surface area contributed by atoms with E-state index in [0.717, 1.165) is 16.9 Å². The molecule has 0 aliphatic heterocycles. The van der Waals surface area contributed by atoms with Gasteiger partial charge in [0.1, 0.15) is 5.52 Å². The van der Waals surface area contributed by atoms with Crippen molar-refractivity contribution >= 4 is 16.9 Å². The van der Waals surface area contributed by atoms with Gasteiger partial charge >= 0.3 is 0 Å². The number of nitrogens with one attached hydrogen (secondary N) is 1. The molecule has 1 N–H and O–H groups in total. The third kappa shape index (κ3) is 1.37. The number of hydrogen-bond acceptors (Lipinski definition) is 3. The zero-order valence-corrected chi connectivity index (χ0v) is 8.77. The van der Waals surface area contributed by atoms with Crippen molar-refractivity contribution in [1.29, 1.82) is 0 Å². The molecular weight excluding hydrogens is 188 g/mol. The molecule has 0 radical (unpaired) electrons. The summed E-state index contributed by atoms with van der Waals surface area (Å²) in [5.74, 6) is 0.929. The predicted molar refractivity (Wildman–Crippen MR) is 59.8 cm³/mol. The van der Waals surface area contributed by atoms with Crippen LogP contribution in [0.25, 0.3) is 11.0 Å². The molecule has 78 valence electrons. The molecule has 2 aromatic rings. The maximum atomic E-state index is 4.37. The maximum Gasteiger partial charge on any atom is 0.154 e. The summed E-state index contributed by atoms with van der Waals surface area (Å²) >= 11 is 0. The van der Waals surface area contributed by atoms with E-state index in [9.17, 15) is 0 Å². The lowest BCUT2D eigenvalue weighted by Crippen LogP contribution is -2.27. The molecule has 1 aliphatic carbocycles. The van der Waals surface area contributed by atoms with Gasteiger partial charge in [-0.2, -0.15) is 0 Å². The van der Waals surface area contributed by atoms with Crippen LogP contribution in [0.5, 0.6) is 0 Å². The number of hydrogen-bond donors (Lipinski definition) is 1. The third-order valence-electron chi connectivity index (χ3n) is 3.09. The molecule has 1 saturated carbocycles. The van der Waals surface area contributed by atoms with Crippen LogP contribution in [0.2, 0.25) is 0 Å². The average Bonchev–Trinajstić information content (AvgIpc) is 2.55. The van der Waals surface area contributed by atoms with E-state index in [1.165, 1.54) is 19.3 Å². The summed E-state index contributed by atoms with van der Waals surface area (Å²) in [7, 11) is 2.00. The van der Waals surface area contributed by atoms with Crippen molar-refractivity contribution < 1.29 is 0 Å². The van der Waals surface area contributed by atoms with Crippen molar-refractivity contribution in [1.82, 2.24) is 14.5 Å². The number of pyridine rings is 1. The van der Waals surface area contributed by atoms with Gasteiger partial charge in [0.25, 0.3) is 0 Å². The van der Waals surface area contributed by atoms with E-state index in [1.807, 2.05) is 30.2 Å². The zero-order chi connectivity index (χ0) is 10.3. The van der Waals surface area contributed by atoms with Crippen LogP contribution < -0.4 is 5.32 Å². The van der Waals surface area contributed by atoms with E-state index >= 15 is 0 Å². The highest BCUT2D eigenvalue weighted by atomic mass is 15.1. The Bertz CT molecular complexity index is 484. The first kappa shape index (κ1) is 8.71. The van der Waals surface area contributed by atoms with Crippen molar-refractivity contribution in [3.63, 3.8) is 0 Å². The quantitative estimate of drug-likeness (QED) is 0.809. The third-order valence-corrected chi connectivity index (χ3v) is 3.09. The SMILES string of the molecule is Cn1cnc2c(NC3CCC3)nccc21. The monoisotopic (exact) mass is 202 g/mol. The first-order valence-electron chi connectivity index (χ1n) is 5.37. The molecule has 0 unspecified atom stereocenters. The van der Waals surface area contributed by atoms with Gasteiger partial charge in [0, 0.05) is 19.3 Å². The Hall–Kier alpha value is -1.58. The lowest BCUT2D eigenvalue weighted by atomic mass is 9.93. The molecule has 1 aliphatic rings. The summed E-state index contributed by atoms with van der Waals surface area (Å²) < 4.78 is 2.02. The molecule has 0 bridgehead atoms. The molecule has 4 heteroatoms. The fraction of sp³-hybridized carbons (Fsp3) is 0.455. The van der Waals surface area contributed by atoms with Gasteiger partial charge in [-0.25, -0.2) is 9.97 Å². The van der Waals surface area contributed by atoms with E-state index in [2.05, 4.69) is 15.3 Å². The number of rotatable bonds is 2. The first-order valence-corrected chi connectivity index (χ1v) is 5.37. The minimum absolute atomic E-state index is 0.602. The van der Waals surface area contributed by atoms with Crippen LogP contribution in [-0.2, 0) is 7.05 Å². The lowest BCUT2D eigenvalue weighted by Gasteiger charge is -2.26. The van der Waals surface area contributed by atoms with Crippen LogP contribution in [0.15, 0.2) is 18.6 Å². The normalized spacial score (nSPS) is 16.6. The molecule has 15 heavy (non-hydrogen) atoms. The Morgan fingerprint density at radius 1 is 1.40 bits per heavy atom. The van der Waals surface area contributed by atoms with E-state index < -0.39 is 0 Å². The van der Waals surface area contributed by atoms with Gasteiger partial charge in [-0.15, -0.1) is 0 Å². The Labute approximate surface area is 88.3 Å². The minimum Gasteiger partial charge on any atom is -0.365 e. The van der Waals surface area contributed by atoms with E-state index in [-0.39, 0.29) is 0 Å². The summed E-state index contributed by atoms with van der Waals surface area (Å²) in [4.78, 5) is 8.72. The minimum atomic E-state index is 0.602. The van der Waals surface area contributed by atoms with Gasteiger partial charge in [0.05, 0.1) is 11.8 Å². The highest BCUT2D eigenvalue weighted by molar-refractivity contribution is 5.85. The number of anilines is 1. The van der Waals surface area contributed by atoms with Crippen LogP contribution in [0.4, 0.5) is 5.82 Å². The van der Waals surface area contributed by atoms with Crippen LogP contribution in [-0.4, -0.2) is 20.6 Å². The fourth-order valence-corrected chi connectivity index (χ4v) is 1.91. The molecule has 0 amide bonds. The predicted octanol–water partition coefficient (Wildman–Crippen LogP) is 1.93. The maximum absolute atomic E-state index is 4.37. The Kier molecular flexibility index (Phi) is 1.87. The van der Waals surface area contributed by atoms with E-state index in [4.69, 9.17) is 0 Å². The van der Waals surface area contributed by atoms with E-state index in [0.29, 0.717) is 6.04 Å². The summed E-state index contributed by atoms with van der Waals surface area (Å²) in [5.41, 5.74) is 2.11. The molecule has 0 spiro atoms. The summed E-state index contributed by atoms with van der Waals surface area (Å²) in [6, 6.07) is 2.60. The largest absolute Gasteiger partial charge is 0.365 e. The Balaban J connectivity index is 2.01. The Morgan fingerprint density at radius 3 is 3.00 bits per heavy atom. The molecule has 2 aromatic heterocycles. The summed E-state index contributed by atoms with van der Waals surface area (Å²) in [5, 5.41) is 3.45. The molecule has 4 nitrogen and oxygen atoms in total. The molecule has 0 atom stereocenters. The molecule has 0 aromatic carbocycles. The van der Waals surface area contributed by atoms with Gasteiger partial charge in [0.15, 0.2) is 5.82 Å². The van der Waals surface area contributed by atoms with Crippen molar-refractivity contribution in [2.45, 2.75) is 25.3 Å². The van der Waals surface area contributed by atoms with Crippen LogP contribution in [0.1, 0.15) is 19.3 Å². The van der Waals surface area contributed by atoms with Gasteiger partial charge in [0.2, 0.25) is 0 Å². The number of aryl methyl sites for hydroxylation is 1. The van der Waals surface area contributed by atoms with Crippen molar-refractivity contribution in [2.24, 2.45) is 7.05 Å². The van der Waals surface area contributed by atoms with Crippen molar-refractivity contribution in [3.05, 3.63) is 18.6 Å². The van der Waals surface area contributed by atoms with Gasteiger partial charge < -0.3 is 9.88 Å². The van der Waals surface area contributed by atoms with Gasteiger partial charge in [-0.3, -0.25) is 0 Å². The highest BCUT2D eigenvalue weighted by Gasteiger charge is 2.18. The van der Waals surface area contributed by atoms with Gasteiger partial charge in [-0.05, 0) is 25.3 Å². The highest BCUT2D eigenvalue weighted by Crippen LogP contribution is 2.25. The average molecular weight is 202 g/mol. The van der Waals surface area contributed by atoms with Gasteiger partial charge in [-0.1, -0.05) is 0 Å². The number of fused-ring (bicyclic) bond motifs is 1. The Morgan fingerprint density at radius 2 is 2.27 bits per heavy atom. The second kappa shape index (κ2) is 3.22. The van der Waals surface area contributed by atoms with Crippen LogP contribution >= 0.6 is 0 Å². The molecule has 3 rings (SSSR count). The number of imidazole rings is 1. The fourth-order valence-electron chi connectivity index (χ4n) is 1.91. The number of aromatic nitrogens is 3. The van der Waals surface area contributed by atoms with Crippen LogP contribution in [0.3, 0.4) is 0 Å². The molecule has 2 heterocycles. The van der Waals surface area contributed by atoms with Crippen molar-refractivity contribution in [3.8, 4) is 0 Å². The summed E-state index contributed by atoms with van der Waals surface area (Å²) in [6.45, 7) is 0. The topological polar surface area (TPSA) is 42.7 Å². The second-order valence-corrected chi connectivity index (χ2v) is 4.15. The zero-order valence-electron chi connectivity index (χ0n) is 8.77. The summed E-state index contributed by atoms with van der Waals surface area (Å²) in [6.07, 6.45) is 7.51. The smallest absolute Gasteiger partial charge is 0.154 e. The lowest BCUT2D eigenvalue weighted by molar-refractivity contribution is 0.445. The van der Waals surface area contributed by atoms with E-state index in [1.54, 1.807) is 0 Å². The second-order valence-electron chi connectivity index (χ2n) is 4.15. The standard InChI is InChI=1S/C11H14N4/c1-15-7-13-10-9(15)5-6-12-11(10)14-8-3-2-4-8/h5-8H,2-4H2,1H3,(H,12,14).